The number of alkyl halides is 1. The molecule has 0 unspecified atom stereocenters. The molecular formula is C11H16BrNS. The summed E-state index contributed by atoms with van der Waals surface area (Å²) in [5, 5.41) is 2.35. The molecule has 0 amide bonds. The Balaban J connectivity index is 2.08. The van der Waals surface area contributed by atoms with E-state index in [4.69, 9.17) is 0 Å². The minimum absolute atomic E-state index is 0.541. The Morgan fingerprint density at radius 3 is 2.71 bits per heavy atom. The number of nitrogens with zero attached hydrogens (tertiary/aromatic N) is 1. The van der Waals surface area contributed by atoms with E-state index in [-0.39, 0.29) is 0 Å². The van der Waals surface area contributed by atoms with Crippen molar-refractivity contribution in [2.45, 2.75) is 39.0 Å². The van der Waals surface area contributed by atoms with Crippen LogP contribution in [0.5, 0.6) is 0 Å². The van der Waals surface area contributed by atoms with Gasteiger partial charge in [0.2, 0.25) is 0 Å². The number of rotatable bonds is 3. The van der Waals surface area contributed by atoms with Crippen molar-refractivity contribution in [1.82, 2.24) is 4.98 Å². The van der Waals surface area contributed by atoms with Gasteiger partial charge in [-0.2, -0.15) is 0 Å². The van der Waals surface area contributed by atoms with Gasteiger partial charge in [0, 0.05) is 16.4 Å². The van der Waals surface area contributed by atoms with Crippen molar-refractivity contribution in [1.29, 1.82) is 0 Å². The lowest BCUT2D eigenvalue weighted by molar-refractivity contribution is 0.349. The van der Waals surface area contributed by atoms with Gasteiger partial charge in [-0.05, 0) is 31.6 Å². The molecular weight excluding hydrogens is 258 g/mol. The summed E-state index contributed by atoms with van der Waals surface area (Å²) in [7, 11) is 0. The van der Waals surface area contributed by atoms with Crippen LogP contribution in [0.3, 0.4) is 0 Å². The van der Waals surface area contributed by atoms with Gasteiger partial charge in [-0.3, -0.25) is 0 Å². The quantitative estimate of drug-likeness (QED) is 0.760. The number of hydrogen-bond donors (Lipinski definition) is 0. The van der Waals surface area contributed by atoms with Crippen LogP contribution in [0.2, 0.25) is 0 Å². The largest absolute Gasteiger partial charge is 0.250 e. The number of thiazole rings is 1. The summed E-state index contributed by atoms with van der Waals surface area (Å²) in [5.74, 6) is 0. The van der Waals surface area contributed by atoms with E-state index in [1.54, 1.807) is 0 Å². The summed E-state index contributed by atoms with van der Waals surface area (Å²) in [6.07, 6.45) is 8.86. The zero-order valence-corrected chi connectivity index (χ0v) is 11.0. The lowest BCUT2D eigenvalue weighted by Crippen LogP contribution is -2.20. The van der Waals surface area contributed by atoms with Crippen molar-refractivity contribution in [3.05, 3.63) is 16.1 Å². The molecule has 1 saturated carbocycles. The van der Waals surface area contributed by atoms with E-state index in [0.29, 0.717) is 5.41 Å². The first-order valence-corrected chi connectivity index (χ1v) is 7.15. The van der Waals surface area contributed by atoms with Gasteiger partial charge in [-0.1, -0.05) is 28.8 Å². The summed E-state index contributed by atoms with van der Waals surface area (Å²) < 4.78 is 0. The van der Waals surface area contributed by atoms with Crippen LogP contribution in [-0.4, -0.2) is 10.3 Å². The Kier molecular flexibility index (Phi) is 3.27. The zero-order valence-electron chi connectivity index (χ0n) is 8.55. The maximum Gasteiger partial charge on any atom is 0.0896 e. The van der Waals surface area contributed by atoms with Crippen LogP contribution in [-0.2, 0) is 6.42 Å². The predicted molar refractivity (Wildman–Crippen MR) is 65.3 cm³/mol. The van der Waals surface area contributed by atoms with E-state index in [9.17, 15) is 0 Å². The van der Waals surface area contributed by atoms with E-state index in [1.165, 1.54) is 42.0 Å². The van der Waals surface area contributed by atoms with Gasteiger partial charge in [0.05, 0.1) is 5.01 Å². The van der Waals surface area contributed by atoms with Crippen molar-refractivity contribution in [2.24, 2.45) is 5.41 Å². The fraction of sp³-hybridized carbons (Fsp3) is 0.727. The Hall–Kier alpha value is 0.110. The van der Waals surface area contributed by atoms with Crippen LogP contribution in [0, 0.1) is 12.3 Å². The molecule has 0 atom stereocenters. The first-order chi connectivity index (χ1) is 6.74. The van der Waals surface area contributed by atoms with Crippen molar-refractivity contribution in [3.8, 4) is 0 Å². The van der Waals surface area contributed by atoms with Gasteiger partial charge in [0.25, 0.3) is 0 Å². The molecule has 1 heterocycles. The standard InChI is InChI=1S/C11H16BrNS/c1-9-13-7-10(14-9)6-11(8-12)4-2-3-5-11/h7H,2-6,8H2,1H3. The number of aryl methyl sites for hydroxylation is 1. The first kappa shape index (κ1) is 10.6. The molecule has 14 heavy (non-hydrogen) atoms. The zero-order chi connectivity index (χ0) is 10.0. The normalized spacial score (nSPS) is 20.1. The summed E-state index contributed by atoms with van der Waals surface area (Å²) in [4.78, 5) is 5.79. The average Bonchev–Trinajstić information content (AvgIpc) is 2.77. The minimum Gasteiger partial charge on any atom is -0.250 e. The van der Waals surface area contributed by atoms with Crippen molar-refractivity contribution >= 4 is 27.3 Å². The highest BCUT2D eigenvalue weighted by molar-refractivity contribution is 9.09. The SMILES string of the molecule is Cc1ncc(CC2(CBr)CCCC2)s1. The van der Waals surface area contributed by atoms with Crippen LogP contribution in [0.4, 0.5) is 0 Å². The van der Waals surface area contributed by atoms with Crippen LogP contribution >= 0.6 is 27.3 Å². The second-order valence-electron chi connectivity index (χ2n) is 4.36. The first-order valence-electron chi connectivity index (χ1n) is 5.21. The summed E-state index contributed by atoms with van der Waals surface area (Å²) >= 11 is 5.54. The second kappa shape index (κ2) is 4.31. The Morgan fingerprint density at radius 1 is 1.50 bits per heavy atom. The third-order valence-corrected chi connectivity index (χ3v) is 5.27. The van der Waals surface area contributed by atoms with Crippen LogP contribution in [0.1, 0.15) is 35.6 Å². The Morgan fingerprint density at radius 2 is 2.21 bits per heavy atom. The maximum absolute atomic E-state index is 4.33. The number of halogens is 1. The van der Waals surface area contributed by atoms with Crippen LogP contribution in [0.25, 0.3) is 0 Å². The fourth-order valence-corrected chi connectivity index (χ4v) is 4.07. The van der Waals surface area contributed by atoms with Crippen LogP contribution < -0.4 is 0 Å². The van der Waals surface area contributed by atoms with E-state index >= 15 is 0 Å². The summed E-state index contributed by atoms with van der Waals surface area (Å²) in [5.41, 5.74) is 0.541. The van der Waals surface area contributed by atoms with Crippen molar-refractivity contribution in [2.75, 3.05) is 5.33 Å². The molecule has 0 saturated heterocycles. The Bertz CT molecular complexity index is 302. The molecule has 78 valence electrons. The molecule has 0 aromatic carbocycles. The molecule has 0 bridgehead atoms. The van der Waals surface area contributed by atoms with E-state index in [0.717, 1.165) is 5.33 Å². The van der Waals surface area contributed by atoms with Crippen molar-refractivity contribution in [3.63, 3.8) is 0 Å². The highest BCUT2D eigenvalue weighted by atomic mass is 79.9. The van der Waals surface area contributed by atoms with E-state index < -0.39 is 0 Å². The predicted octanol–water partition coefficient (Wildman–Crippen LogP) is 3.95. The molecule has 0 spiro atoms. The van der Waals surface area contributed by atoms with Gasteiger partial charge < -0.3 is 0 Å². The molecule has 3 heteroatoms. The molecule has 1 nitrogen and oxygen atoms in total. The topological polar surface area (TPSA) is 12.9 Å². The minimum atomic E-state index is 0.541. The lowest BCUT2D eigenvalue weighted by Gasteiger charge is -2.25. The molecule has 1 aromatic heterocycles. The van der Waals surface area contributed by atoms with Gasteiger partial charge in [0.15, 0.2) is 0 Å². The van der Waals surface area contributed by atoms with E-state index in [1.807, 2.05) is 11.3 Å². The molecule has 0 radical (unpaired) electrons. The molecule has 0 aliphatic heterocycles. The van der Waals surface area contributed by atoms with Gasteiger partial charge >= 0.3 is 0 Å². The van der Waals surface area contributed by atoms with Gasteiger partial charge in [-0.25, -0.2) is 4.98 Å². The summed E-state index contributed by atoms with van der Waals surface area (Å²) in [6, 6.07) is 0. The second-order valence-corrected chi connectivity index (χ2v) is 6.24. The van der Waals surface area contributed by atoms with Gasteiger partial charge in [0.1, 0.15) is 0 Å². The highest BCUT2D eigenvalue weighted by Crippen LogP contribution is 2.42. The molecule has 1 fully saturated rings. The average molecular weight is 274 g/mol. The molecule has 2 rings (SSSR count). The summed E-state index contributed by atoms with van der Waals surface area (Å²) in [6.45, 7) is 2.09. The molecule has 1 aromatic rings. The molecule has 1 aliphatic carbocycles. The number of aromatic nitrogens is 1. The number of hydrogen-bond acceptors (Lipinski definition) is 2. The highest BCUT2D eigenvalue weighted by Gasteiger charge is 2.33. The smallest absolute Gasteiger partial charge is 0.0896 e. The molecule has 1 aliphatic rings. The fourth-order valence-electron chi connectivity index (χ4n) is 2.34. The molecule has 0 N–H and O–H groups in total. The lowest BCUT2D eigenvalue weighted by atomic mass is 9.85. The van der Waals surface area contributed by atoms with E-state index in [2.05, 4.69) is 34.0 Å². The van der Waals surface area contributed by atoms with Crippen molar-refractivity contribution < 1.29 is 0 Å². The third-order valence-electron chi connectivity index (χ3n) is 3.17. The van der Waals surface area contributed by atoms with Crippen LogP contribution in [0.15, 0.2) is 6.20 Å². The third kappa shape index (κ3) is 2.19. The van der Waals surface area contributed by atoms with Gasteiger partial charge in [-0.15, -0.1) is 11.3 Å². The Labute approximate surface area is 98.1 Å². The maximum atomic E-state index is 4.33. The monoisotopic (exact) mass is 273 g/mol.